The number of hydrogen-bond donors (Lipinski definition) is 1. The molecule has 1 atom stereocenters. The van der Waals surface area contributed by atoms with Crippen molar-refractivity contribution in [1.82, 2.24) is 5.32 Å². The third-order valence-corrected chi connectivity index (χ3v) is 2.71. The molecule has 0 aromatic heterocycles. The van der Waals surface area contributed by atoms with Gasteiger partial charge in [-0.3, -0.25) is 4.79 Å². The van der Waals surface area contributed by atoms with Crippen LogP contribution < -0.4 is 10.2 Å². The second-order valence-corrected chi connectivity index (χ2v) is 4.18. The third kappa shape index (κ3) is 1.88. The van der Waals surface area contributed by atoms with Crippen LogP contribution in [0, 0.1) is 5.92 Å². The van der Waals surface area contributed by atoms with E-state index < -0.39 is 6.03 Å². The second kappa shape index (κ2) is 4.14. The molecule has 5 heteroatoms. The summed E-state index contributed by atoms with van der Waals surface area (Å²) in [6.07, 6.45) is 0. The Morgan fingerprint density at radius 1 is 1.44 bits per heavy atom. The van der Waals surface area contributed by atoms with Crippen LogP contribution in [0.2, 0.25) is 5.02 Å². The minimum atomic E-state index is -0.398. The van der Waals surface area contributed by atoms with Gasteiger partial charge in [-0.1, -0.05) is 24.6 Å². The minimum Gasteiger partial charge on any atom is -0.337 e. The highest BCUT2D eigenvalue weighted by Crippen LogP contribution is 2.22. The summed E-state index contributed by atoms with van der Waals surface area (Å²) in [5.74, 6) is -0.414. The summed E-state index contributed by atoms with van der Waals surface area (Å²) in [4.78, 5) is 24.6. The summed E-state index contributed by atoms with van der Waals surface area (Å²) in [5, 5.41) is 3.15. The second-order valence-electron chi connectivity index (χ2n) is 3.74. The van der Waals surface area contributed by atoms with Crippen LogP contribution in [0.1, 0.15) is 6.92 Å². The van der Waals surface area contributed by atoms with E-state index >= 15 is 0 Å². The molecule has 1 fully saturated rings. The molecule has 1 heterocycles. The fraction of sp³-hybridized carbons (Fsp3) is 0.273. The van der Waals surface area contributed by atoms with E-state index in [0.717, 1.165) is 4.90 Å². The molecule has 0 bridgehead atoms. The van der Waals surface area contributed by atoms with Crippen molar-refractivity contribution in [3.8, 4) is 0 Å². The number of hydrogen-bond acceptors (Lipinski definition) is 2. The number of amides is 3. The highest BCUT2D eigenvalue weighted by molar-refractivity contribution is 6.31. The molecule has 1 saturated heterocycles. The summed E-state index contributed by atoms with van der Waals surface area (Å²) < 4.78 is 0. The zero-order valence-corrected chi connectivity index (χ0v) is 9.49. The molecule has 0 spiro atoms. The quantitative estimate of drug-likeness (QED) is 0.814. The minimum absolute atomic E-state index is 0.203. The predicted molar refractivity (Wildman–Crippen MR) is 61.5 cm³/mol. The first-order chi connectivity index (χ1) is 7.59. The van der Waals surface area contributed by atoms with Crippen LogP contribution in [0.3, 0.4) is 0 Å². The largest absolute Gasteiger partial charge is 0.337 e. The molecule has 0 aliphatic carbocycles. The van der Waals surface area contributed by atoms with Gasteiger partial charge in [0.1, 0.15) is 0 Å². The van der Waals surface area contributed by atoms with Gasteiger partial charge in [0.2, 0.25) is 5.91 Å². The standard InChI is InChI=1S/C11H11ClN2O2/c1-7-6-13-11(16)14(10(7)15)9-4-2-3-8(12)5-9/h2-5,7H,6H2,1H3,(H,13,16). The Kier molecular flexibility index (Phi) is 2.83. The maximum absolute atomic E-state index is 11.9. The van der Waals surface area contributed by atoms with Gasteiger partial charge in [0.15, 0.2) is 0 Å². The lowest BCUT2D eigenvalue weighted by Gasteiger charge is -2.29. The molecule has 3 amide bonds. The van der Waals surface area contributed by atoms with Crippen molar-refractivity contribution >= 4 is 29.2 Å². The monoisotopic (exact) mass is 238 g/mol. The molecule has 2 rings (SSSR count). The van der Waals surface area contributed by atoms with Gasteiger partial charge in [-0.15, -0.1) is 0 Å². The number of halogens is 1. The average molecular weight is 239 g/mol. The van der Waals surface area contributed by atoms with Crippen molar-refractivity contribution in [2.75, 3.05) is 11.4 Å². The van der Waals surface area contributed by atoms with Crippen molar-refractivity contribution in [3.05, 3.63) is 29.3 Å². The molecule has 1 aromatic carbocycles. The number of anilines is 1. The molecule has 0 saturated carbocycles. The first kappa shape index (κ1) is 11.0. The number of carbonyl (C=O) groups is 2. The van der Waals surface area contributed by atoms with Crippen LogP contribution in [-0.4, -0.2) is 18.5 Å². The molecular formula is C11H11ClN2O2. The highest BCUT2D eigenvalue weighted by Gasteiger charge is 2.32. The fourth-order valence-electron chi connectivity index (χ4n) is 1.59. The Balaban J connectivity index is 2.37. The number of imide groups is 1. The fourth-order valence-corrected chi connectivity index (χ4v) is 1.77. The Hall–Kier alpha value is -1.55. The number of carbonyl (C=O) groups excluding carboxylic acids is 2. The van der Waals surface area contributed by atoms with E-state index in [1.165, 1.54) is 0 Å². The normalized spacial score (nSPS) is 20.9. The van der Waals surface area contributed by atoms with Gasteiger partial charge in [-0.25, -0.2) is 9.69 Å². The van der Waals surface area contributed by atoms with Gasteiger partial charge in [-0.2, -0.15) is 0 Å². The number of nitrogens with zero attached hydrogens (tertiary/aromatic N) is 1. The Labute approximate surface area is 98.2 Å². The summed E-state index contributed by atoms with van der Waals surface area (Å²) in [7, 11) is 0. The van der Waals surface area contributed by atoms with E-state index in [1.807, 2.05) is 0 Å². The summed E-state index contributed by atoms with van der Waals surface area (Å²) in [5.41, 5.74) is 0.501. The molecule has 1 aliphatic rings. The molecule has 1 unspecified atom stereocenters. The molecule has 1 aliphatic heterocycles. The predicted octanol–water partition coefficient (Wildman–Crippen LogP) is 2.03. The van der Waals surface area contributed by atoms with Gasteiger partial charge in [0.05, 0.1) is 11.6 Å². The van der Waals surface area contributed by atoms with E-state index in [-0.39, 0.29) is 11.8 Å². The lowest BCUT2D eigenvalue weighted by molar-refractivity contribution is -0.121. The van der Waals surface area contributed by atoms with E-state index in [0.29, 0.717) is 17.3 Å². The van der Waals surface area contributed by atoms with Crippen LogP contribution in [0.5, 0.6) is 0 Å². The maximum atomic E-state index is 11.9. The molecule has 0 radical (unpaired) electrons. The summed E-state index contributed by atoms with van der Waals surface area (Å²) in [6, 6.07) is 6.28. The zero-order valence-electron chi connectivity index (χ0n) is 8.74. The van der Waals surface area contributed by atoms with Crippen molar-refractivity contribution in [3.63, 3.8) is 0 Å². The first-order valence-electron chi connectivity index (χ1n) is 4.97. The van der Waals surface area contributed by atoms with Gasteiger partial charge >= 0.3 is 6.03 Å². The zero-order chi connectivity index (χ0) is 11.7. The number of nitrogens with one attached hydrogen (secondary N) is 1. The van der Waals surface area contributed by atoms with Crippen LogP contribution in [-0.2, 0) is 4.79 Å². The smallest absolute Gasteiger partial charge is 0.328 e. The Bertz CT molecular complexity index is 447. The van der Waals surface area contributed by atoms with E-state index in [9.17, 15) is 9.59 Å². The van der Waals surface area contributed by atoms with Crippen LogP contribution in [0.15, 0.2) is 24.3 Å². The lowest BCUT2D eigenvalue weighted by atomic mass is 10.1. The van der Waals surface area contributed by atoms with Crippen molar-refractivity contribution in [2.24, 2.45) is 5.92 Å². The van der Waals surface area contributed by atoms with Crippen LogP contribution in [0.4, 0.5) is 10.5 Å². The van der Waals surface area contributed by atoms with Gasteiger partial charge in [-0.05, 0) is 18.2 Å². The third-order valence-electron chi connectivity index (χ3n) is 2.47. The van der Waals surface area contributed by atoms with Crippen molar-refractivity contribution in [1.29, 1.82) is 0 Å². The van der Waals surface area contributed by atoms with E-state index in [1.54, 1.807) is 31.2 Å². The van der Waals surface area contributed by atoms with Crippen LogP contribution >= 0.6 is 11.6 Å². The number of rotatable bonds is 1. The van der Waals surface area contributed by atoms with Gasteiger partial charge < -0.3 is 5.32 Å². The van der Waals surface area contributed by atoms with Crippen LogP contribution in [0.25, 0.3) is 0 Å². The molecule has 1 aromatic rings. The van der Waals surface area contributed by atoms with E-state index in [4.69, 9.17) is 11.6 Å². The molecule has 4 nitrogen and oxygen atoms in total. The topological polar surface area (TPSA) is 49.4 Å². The SMILES string of the molecule is CC1CNC(=O)N(c2cccc(Cl)c2)C1=O. The average Bonchev–Trinajstić information content (AvgIpc) is 2.24. The molecule has 16 heavy (non-hydrogen) atoms. The molecule has 1 N–H and O–H groups in total. The maximum Gasteiger partial charge on any atom is 0.328 e. The lowest BCUT2D eigenvalue weighted by Crippen LogP contribution is -2.54. The summed E-state index contributed by atoms with van der Waals surface area (Å²) in [6.45, 7) is 2.16. The number of urea groups is 1. The summed E-state index contributed by atoms with van der Waals surface area (Å²) >= 11 is 5.83. The number of benzene rings is 1. The molecule has 84 valence electrons. The van der Waals surface area contributed by atoms with Crippen molar-refractivity contribution < 1.29 is 9.59 Å². The molecular weight excluding hydrogens is 228 g/mol. The van der Waals surface area contributed by atoms with Gasteiger partial charge in [0, 0.05) is 11.6 Å². The Morgan fingerprint density at radius 3 is 2.88 bits per heavy atom. The van der Waals surface area contributed by atoms with E-state index in [2.05, 4.69) is 5.32 Å². The van der Waals surface area contributed by atoms with Crippen molar-refractivity contribution in [2.45, 2.75) is 6.92 Å². The Morgan fingerprint density at radius 2 is 2.19 bits per heavy atom. The van der Waals surface area contributed by atoms with Gasteiger partial charge in [0.25, 0.3) is 0 Å². The highest BCUT2D eigenvalue weighted by atomic mass is 35.5. The first-order valence-corrected chi connectivity index (χ1v) is 5.35.